The van der Waals surface area contributed by atoms with Gasteiger partial charge in [0.2, 0.25) is 0 Å². The van der Waals surface area contributed by atoms with Gasteiger partial charge in [0.25, 0.3) is 0 Å². The van der Waals surface area contributed by atoms with Crippen molar-refractivity contribution in [2.45, 2.75) is 32.7 Å². The van der Waals surface area contributed by atoms with Gasteiger partial charge >= 0.3 is 0 Å². The lowest BCUT2D eigenvalue weighted by Gasteiger charge is -2.22. The first-order chi connectivity index (χ1) is 3.79. The van der Waals surface area contributed by atoms with Gasteiger partial charge in [0.15, 0.2) is 0 Å². The molecule has 1 atom stereocenters. The van der Waals surface area contributed by atoms with E-state index >= 15 is 0 Å². The monoisotopic (exact) mass is 111 g/mol. The molecule has 0 spiro atoms. The second kappa shape index (κ2) is 2.49. The Bertz CT molecular complexity index is 62.8. The zero-order valence-corrected chi connectivity index (χ0v) is 5.65. The van der Waals surface area contributed by atoms with E-state index in [0.717, 1.165) is 6.54 Å². The van der Waals surface area contributed by atoms with Crippen LogP contribution in [0.25, 0.3) is 0 Å². The van der Waals surface area contributed by atoms with E-state index in [0.29, 0.717) is 6.04 Å². The summed E-state index contributed by atoms with van der Waals surface area (Å²) in [6, 6.07) is 0.601. The SMILES string of the molecule is C[C]1CC[N]C(C)C1. The van der Waals surface area contributed by atoms with Crippen LogP contribution in [-0.4, -0.2) is 12.6 Å². The lowest BCUT2D eigenvalue weighted by Crippen LogP contribution is -2.27. The zero-order valence-electron chi connectivity index (χ0n) is 5.65. The van der Waals surface area contributed by atoms with Crippen molar-refractivity contribution in [2.75, 3.05) is 6.54 Å². The van der Waals surface area contributed by atoms with Gasteiger partial charge in [-0.2, -0.15) is 0 Å². The van der Waals surface area contributed by atoms with Crippen LogP contribution in [0.15, 0.2) is 0 Å². The van der Waals surface area contributed by atoms with Gasteiger partial charge in [-0.25, -0.2) is 5.32 Å². The Balaban J connectivity index is 2.23. The molecule has 2 radical (unpaired) electrons. The molecular weight excluding hydrogens is 98.1 g/mol. The topological polar surface area (TPSA) is 14.1 Å². The van der Waals surface area contributed by atoms with Crippen molar-refractivity contribution in [2.24, 2.45) is 0 Å². The fraction of sp³-hybridized carbons (Fsp3) is 0.857. The number of nitrogens with zero attached hydrogens (tertiary/aromatic N) is 1. The Labute approximate surface area is 51.5 Å². The Hall–Kier alpha value is -0.0400. The van der Waals surface area contributed by atoms with E-state index in [1.807, 2.05) is 0 Å². The highest BCUT2D eigenvalue weighted by atomic mass is 14.9. The molecule has 1 fully saturated rings. The van der Waals surface area contributed by atoms with Gasteiger partial charge in [0, 0.05) is 12.6 Å². The summed E-state index contributed by atoms with van der Waals surface area (Å²) in [5.41, 5.74) is 0. The van der Waals surface area contributed by atoms with Gasteiger partial charge in [-0.15, -0.1) is 0 Å². The van der Waals surface area contributed by atoms with Gasteiger partial charge in [0.1, 0.15) is 0 Å². The Morgan fingerprint density at radius 1 is 1.62 bits per heavy atom. The summed E-state index contributed by atoms with van der Waals surface area (Å²) >= 11 is 0. The van der Waals surface area contributed by atoms with E-state index in [2.05, 4.69) is 19.2 Å². The smallest absolute Gasteiger partial charge is 0.0223 e. The van der Waals surface area contributed by atoms with Gasteiger partial charge in [-0.05, 0) is 25.7 Å². The number of rotatable bonds is 0. The van der Waals surface area contributed by atoms with Crippen LogP contribution in [0.3, 0.4) is 0 Å². The largest absolute Gasteiger partial charge is 0.239 e. The predicted molar refractivity (Wildman–Crippen MR) is 34.6 cm³/mol. The average Bonchev–Trinajstić information content (AvgIpc) is 1.64. The highest BCUT2D eigenvalue weighted by Crippen LogP contribution is 2.17. The molecule has 1 rings (SSSR count). The molecule has 0 amide bonds. The molecule has 1 heteroatoms. The minimum absolute atomic E-state index is 0.601. The molecule has 0 aromatic carbocycles. The quantitative estimate of drug-likeness (QED) is 0.448. The van der Waals surface area contributed by atoms with E-state index in [1.54, 1.807) is 5.92 Å². The molecule has 1 unspecified atom stereocenters. The van der Waals surface area contributed by atoms with Crippen LogP contribution in [0.1, 0.15) is 26.7 Å². The second-order valence-corrected chi connectivity index (χ2v) is 2.67. The maximum Gasteiger partial charge on any atom is 0.0223 e. The molecule has 0 aliphatic carbocycles. The third-order valence-electron chi connectivity index (χ3n) is 1.62. The van der Waals surface area contributed by atoms with Crippen molar-refractivity contribution in [1.82, 2.24) is 5.32 Å². The summed E-state index contributed by atoms with van der Waals surface area (Å²) in [5, 5.41) is 4.36. The van der Waals surface area contributed by atoms with Gasteiger partial charge in [-0.1, -0.05) is 6.92 Å². The van der Waals surface area contributed by atoms with E-state index < -0.39 is 0 Å². The fourth-order valence-corrected chi connectivity index (χ4v) is 1.15. The zero-order chi connectivity index (χ0) is 5.98. The van der Waals surface area contributed by atoms with Crippen molar-refractivity contribution in [3.8, 4) is 0 Å². The summed E-state index contributed by atoms with van der Waals surface area (Å²) in [5.74, 6) is 1.62. The molecule has 1 nitrogen and oxygen atoms in total. The number of hydrogen-bond donors (Lipinski definition) is 0. The van der Waals surface area contributed by atoms with Crippen molar-refractivity contribution < 1.29 is 0 Å². The Morgan fingerprint density at radius 2 is 2.38 bits per heavy atom. The van der Waals surface area contributed by atoms with Crippen LogP contribution < -0.4 is 5.32 Å². The van der Waals surface area contributed by atoms with Crippen molar-refractivity contribution in [3.05, 3.63) is 5.92 Å². The fourth-order valence-electron chi connectivity index (χ4n) is 1.15. The molecule has 1 aliphatic heterocycles. The molecule has 1 heterocycles. The Kier molecular flexibility index (Phi) is 1.90. The summed E-state index contributed by atoms with van der Waals surface area (Å²) in [7, 11) is 0. The van der Waals surface area contributed by atoms with E-state index in [9.17, 15) is 0 Å². The minimum Gasteiger partial charge on any atom is -0.239 e. The molecule has 0 bridgehead atoms. The standard InChI is InChI=1S/C7H13N/c1-6-3-4-8-7(2)5-6/h7H,3-5H2,1-2H3. The number of hydrogen-bond acceptors (Lipinski definition) is 0. The van der Waals surface area contributed by atoms with Crippen molar-refractivity contribution >= 4 is 0 Å². The van der Waals surface area contributed by atoms with Crippen LogP contribution in [-0.2, 0) is 0 Å². The molecule has 46 valence electrons. The third-order valence-corrected chi connectivity index (χ3v) is 1.62. The highest BCUT2D eigenvalue weighted by molar-refractivity contribution is 4.92. The molecule has 0 aromatic rings. The maximum absolute atomic E-state index is 4.36. The van der Waals surface area contributed by atoms with Crippen LogP contribution >= 0.6 is 0 Å². The first-order valence-electron chi connectivity index (χ1n) is 3.27. The van der Waals surface area contributed by atoms with E-state index in [4.69, 9.17) is 0 Å². The van der Waals surface area contributed by atoms with Crippen LogP contribution in [0.4, 0.5) is 0 Å². The molecule has 8 heavy (non-hydrogen) atoms. The summed E-state index contributed by atoms with van der Waals surface area (Å²) in [6.07, 6.45) is 2.45. The van der Waals surface area contributed by atoms with Crippen LogP contribution in [0, 0.1) is 5.92 Å². The lowest BCUT2D eigenvalue weighted by atomic mass is 9.96. The van der Waals surface area contributed by atoms with Gasteiger partial charge < -0.3 is 0 Å². The average molecular weight is 111 g/mol. The minimum atomic E-state index is 0.601. The van der Waals surface area contributed by atoms with E-state index in [-0.39, 0.29) is 0 Å². The number of piperidine rings is 1. The lowest BCUT2D eigenvalue weighted by molar-refractivity contribution is 0.443. The molecule has 0 saturated carbocycles. The summed E-state index contributed by atoms with van der Waals surface area (Å²) < 4.78 is 0. The molecular formula is C7H13N. The second-order valence-electron chi connectivity index (χ2n) is 2.67. The summed E-state index contributed by atoms with van der Waals surface area (Å²) in [6.45, 7) is 5.47. The Morgan fingerprint density at radius 3 is 2.75 bits per heavy atom. The van der Waals surface area contributed by atoms with Gasteiger partial charge in [0.05, 0.1) is 0 Å². The first kappa shape index (κ1) is 6.09. The molecule has 0 aromatic heterocycles. The molecule has 0 N–H and O–H groups in total. The van der Waals surface area contributed by atoms with Gasteiger partial charge in [-0.3, -0.25) is 0 Å². The van der Waals surface area contributed by atoms with E-state index in [1.165, 1.54) is 12.8 Å². The predicted octanol–water partition coefficient (Wildman–Crippen LogP) is 1.37. The van der Waals surface area contributed by atoms with Crippen molar-refractivity contribution in [3.63, 3.8) is 0 Å². The third kappa shape index (κ3) is 1.48. The molecule has 1 saturated heterocycles. The summed E-state index contributed by atoms with van der Waals surface area (Å²) in [4.78, 5) is 0. The van der Waals surface area contributed by atoms with Crippen LogP contribution in [0.2, 0.25) is 0 Å². The molecule has 1 aliphatic rings. The van der Waals surface area contributed by atoms with Crippen molar-refractivity contribution in [1.29, 1.82) is 0 Å². The highest BCUT2D eigenvalue weighted by Gasteiger charge is 2.14. The van der Waals surface area contributed by atoms with Crippen LogP contribution in [0.5, 0.6) is 0 Å². The first-order valence-corrected chi connectivity index (χ1v) is 3.27. The normalized spacial score (nSPS) is 33.0. The maximum atomic E-state index is 4.36.